The van der Waals surface area contributed by atoms with Crippen LogP contribution in [0.2, 0.25) is 0 Å². The number of benzene rings is 1. The zero-order valence-corrected chi connectivity index (χ0v) is 19.2. The zero-order valence-electron chi connectivity index (χ0n) is 19.2. The molecule has 1 aliphatic heterocycles. The topological polar surface area (TPSA) is 79.2 Å². The summed E-state index contributed by atoms with van der Waals surface area (Å²) in [6.45, 7) is 7.79. The summed E-state index contributed by atoms with van der Waals surface area (Å²) in [4.78, 5) is 36.9. The molecule has 1 N–H and O–H groups in total. The standard InChI is InChI=1S/C24H34N6O2/c1-3-4-8-13-28-15-17-29(18-16-28)23-25-21-20(22(31)26-24(32)27(21)2)30(23)14-9-12-19-10-6-5-7-11-19/h5-7,10-11H,3-4,8-9,12-18H2,1-2H3,(H,26,31,32). The molecule has 32 heavy (non-hydrogen) atoms. The van der Waals surface area contributed by atoms with Crippen molar-refractivity contribution in [1.82, 2.24) is 24.0 Å². The number of unbranched alkanes of at least 4 members (excludes halogenated alkanes) is 2. The van der Waals surface area contributed by atoms with Gasteiger partial charge in [0, 0.05) is 39.8 Å². The van der Waals surface area contributed by atoms with Crippen molar-refractivity contribution < 1.29 is 0 Å². The molecule has 0 bridgehead atoms. The van der Waals surface area contributed by atoms with Crippen molar-refractivity contribution >= 4 is 17.1 Å². The van der Waals surface area contributed by atoms with Crippen LogP contribution in [0.25, 0.3) is 11.2 Å². The third kappa shape index (κ3) is 4.80. The number of anilines is 1. The molecule has 1 fully saturated rings. The second kappa shape index (κ2) is 10.2. The van der Waals surface area contributed by atoms with Gasteiger partial charge in [-0.2, -0.15) is 4.98 Å². The number of nitrogens with zero attached hydrogens (tertiary/aromatic N) is 5. The molecule has 1 aliphatic rings. The number of imidazole rings is 1. The van der Waals surface area contributed by atoms with E-state index in [1.807, 2.05) is 22.8 Å². The van der Waals surface area contributed by atoms with Gasteiger partial charge in [-0.3, -0.25) is 19.2 Å². The predicted molar refractivity (Wildman–Crippen MR) is 129 cm³/mol. The fourth-order valence-electron chi connectivity index (χ4n) is 4.52. The smallest absolute Gasteiger partial charge is 0.329 e. The maximum Gasteiger partial charge on any atom is 0.329 e. The Morgan fingerprint density at radius 2 is 1.72 bits per heavy atom. The number of fused-ring (bicyclic) bond motifs is 1. The van der Waals surface area contributed by atoms with Crippen LogP contribution in [0.3, 0.4) is 0 Å². The Balaban J connectivity index is 1.58. The van der Waals surface area contributed by atoms with Gasteiger partial charge in [-0.05, 0) is 31.4 Å². The van der Waals surface area contributed by atoms with E-state index in [1.54, 1.807) is 7.05 Å². The number of hydrogen-bond acceptors (Lipinski definition) is 5. The van der Waals surface area contributed by atoms with E-state index in [9.17, 15) is 9.59 Å². The number of rotatable bonds is 9. The van der Waals surface area contributed by atoms with Gasteiger partial charge in [-0.25, -0.2) is 4.79 Å². The molecule has 8 nitrogen and oxygen atoms in total. The highest BCUT2D eigenvalue weighted by Crippen LogP contribution is 2.22. The summed E-state index contributed by atoms with van der Waals surface area (Å²) in [6, 6.07) is 10.4. The molecule has 0 saturated carbocycles. The molecule has 0 radical (unpaired) electrons. The number of aromatic nitrogens is 4. The van der Waals surface area contributed by atoms with E-state index in [1.165, 1.54) is 29.4 Å². The molecule has 3 heterocycles. The minimum absolute atomic E-state index is 0.361. The second-order valence-electron chi connectivity index (χ2n) is 8.68. The monoisotopic (exact) mass is 438 g/mol. The maximum atomic E-state index is 12.7. The van der Waals surface area contributed by atoms with Gasteiger partial charge >= 0.3 is 5.69 Å². The molecular weight excluding hydrogens is 404 g/mol. The fraction of sp³-hybridized carbons (Fsp3) is 0.542. The summed E-state index contributed by atoms with van der Waals surface area (Å²) in [5.74, 6) is 0.799. The lowest BCUT2D eigenvalue weighted by molar-refractivity contribution is 0.251. The maximum absolute atomic E-state index is 12.7. The van der Waals surface area contributed by atoms with Crippen LogP contribution in [0.5, 0.6) is 0 Å². The first-order valence-corrected chi connectivity index (χ1v) is 11.8. The van der Waals surface area contributed by atoms with Crippen molar-refractivity contribution in [3.8, 4) is 0 Å². The molecule has 0 aliphatic carbocycles. The quantitative estimate of drug-likeness (QED) is 0.519. The summed E-state index contributed by atoms with van der Waals surface area (Å²) in [7, 11) is 1.66. The van der Waals surface area contributed by atoms with Crippen LogP contribution < -0.4 is 16.1 Å². The molecule has 1 saturated heterocycles. The van der Waals surface area contributed by atoms with Gasteiger partial charge in [-0.1, -0.05) is 50.1 Å². The van der Waals surface area contributed by atoms with Crippen LogP contribution in [0.15, 0.2) is 39.9 Å². The van der Waals surface area contributed by atoms with E-state index in [0.717, 1.165) is 51.5 Å². The average Bonchev–Trinajstić information content (AvgIpc) is 3.19. The zero-order chi connectivity index (χ0) is 22.5. The molecule has 0 atom stereocenters. The molecular formula is C24H34N6O2. The number of aromatic amines is 1. The summed E-state index contributed by atoms with van der Waals surface area (Å²) in [5, 5.41) is 0. The van der Waals surface area contributed by atoms with E-state index in [4.69, 9.17) is 4.98 Å². The van der Waals surface area contributed by atoms with Crippen LogP contribution in [-0.4, -0.2) is 56.7 Å². The van der Waals surface area contributed by atoms with Gasteiger partial charge in [0.25, 0.3) is 5.56 Å². The summed E-state index contributed by atoms with van der Waals surface area (Å²) in [6.07, 6.45) is 5.57. The minimum Gasteiger partial charge on any atom is -0.340 e. The number of piperazine rings is 1. The Labute approximate surface area is 188 Å². The fourth-order valence-corrected chi connectivity index (χ4v) is 4.52. The van der Waals surface area contributed by atoms with E-state index in [0.29, 0.717) is 17.7 Å². The number of hydrogen-bond donors (Lipinski definition) is 1. The Morgan fingerprint density at radius 1 is 0.969 bits per heavy atom. The molecule has 2 aromatic heterocycles. The van der Waals surface area contributed by atoms with Gasteiger partial charge in [0.2, 0.25) is 5.95 Å². The summed E-state index contributed by atoms with van der Waals surface area (Å²) < 4.78 is 3.46. The molecule has 3 aromatic rings. The van der Waals surface area contributed by atoms with E-state index >= 15 is 0 Å². The SMILES string of the molecule is CCCCCN1CCN(c2nc3c(c(=O)[nH]c(=O)n3C)n2CCCc2ccccc2)CC1. The minimum atomic E-state index is -0.427. The molecule has 0 unspecified atom stereocenters. The van der Waals surface area contributed by atoms with Gasteiger partial charge < -0.3 is 9.47 Å². The molecule has 8 heteroatoms. The lowest BCUT2D eigenvalue weighted by Crippen LogP contribution is -2.47. The number of H-pyrrole nitrogens is 1. The molecule has 172 valence electrons. The van der Waals surface area contributed by atoms with Crippen molar-refractivity contribution in [2.24, 2.45) is 7.05 Å². The largest absolute Gasteiger partial charge is 0.340 e. The van der Waals surface area contributed by atoms with E-state index < -0.39 is 5.69 Å². The predicted octanol–water partition coefficient (Wildman–Crippen LogP) is 2.37. The highest BCUT2D eigenvalue weighted by molar-refractivity contribution is 5.74. The molecule has 1 aromatic carbocycles. The first-order chi connectivity index (χ1) is 15.6. The van der Waals surface area contributed by atoms with Crippen molar-refractivity contribution in [2.75, 3.05) is 37.6 Å². The van der Waals surface area contributed by atoms with Gasteiger partial charge in [0.1, 0.15) is 0 Å². The van der Waals surface area contributed by atoms with Crippen molar-refractivity contribution in [3.05, 3.63) is 56.7 Å². The van der Waals surface area contributed by atoms with Crippen LogP contribution in [0.1, 0.15) is 38.2 Å². The highest BCUT2D eigenvalue weighted by atomic mass is 16.2. The molecule has 0 amide bonds. The second-order valence-corrected chi connectivity index (χ2v) is 8.68. The normalized spacial score (nSPS) is 15.0. The van der Waals surface area contributed by atoms with Crippen LogP contribution in [-0.2, 0) is 20.0 Å². The molecule has 0 spiro atoms. The Bertz CT molecular complexity index is 1140. The van der Waals surface area contributed by atoms with Crippen molar-refractivity contribution in [1.29, 1.82) is 0 Å². The van der Waals surface area contributed by atoms with E-state index in [-0.39, 0.29) is 5.56 Å². The summed E-state index contributed by atoms with van der Waals surface area (Å²) in [5.41, 5.74) is 1.43. The first-order valence-electron chi connectivity index (χ1n) is 11.8. The Hall–Kier alpha value is -2.87. The number of aryl methyl sites for hydroxylation is 3. The van der Waals surface area contributed by atoms with Crippen LogP contribution in [0, 0.1) is 0 Å². The molecule has 4 rings (SSSR count). The number of nitrogens with one attached hydrogen (secondary N) is 1. The van der Waals surface area contributed by atoms with Gasteiger partial charge in [0.05, 0.1) is 0 Å². The lowest BCUT2D eigenvalue weighted by Gasteiger charge is -2.35. The Kier molecular flexibility index (Phi) is 7.09. The van der Waals surface area contributed by atoms with E-state index in [2.05, 4.69) is 33.8 Å². The van der Waals surface area contributed by atoms with Gasteiger partial charge in [0.15, 0.2) is 11.2 Å². The first kappa shape index (κ1) is 22.3. The lowest BCUT2D eigenvalue weighted by atomic mass is 10.1. The van der Waals surface area contributed by atoms with Crippen LogP contribution >= 0.6 is 0 Å². The highest BCUT2D eigenvalue weighted by Gasteiger charge is 2.24. The third-order valence-electron chi connectivity index (χ3n) is 6.41. The summed E-state index contributed by atoms with van der Waals surface area (Å²) >= 11 is 0. The van der Waals surface area contributed by atoms with Crippen molar-refractivity contribution in [3.63, 3.8) is 0 Å². The third-order valence-corrected chi connectivity index (χ3v) is 6.41. The average molecular weight is 439 g/mol. The van der Waals surface area contributed by atoms with Crippen molar-refractivity contribution in [2.45, 2.75) is 45.6 Å². The van der Waals surface area contributed by atoms with Gasteiger partial charge in [-0.15, -0.1) is 0 Å². The Morgan fingerprint density at radius 3 is 2.44 bits per heavy atom. The van der Waals surface area contributed by atoms with Crippen LogP contribution in [0.4, 0.5) is 5.95 Å².